The van der Waals surface area contributed by atoms with Gasteiger partial charge in [-0.05, 0) is 18.2 Å². The lowest BCUT2D eigenvalue weighted by Crippen LogP contribution is -1.95. The third-order valence-electron chi connectivity index (χ3n) is 2.75. The van der Waals surface area contributed by atoms with Crippen molar-refractivity contribution in [3.63, 3.8) is 0 Å². The Bertz CT molecular complexity index is 742. The van der Waals surface area contributed by atoms with Crippen molar-refractivity contribution in [3.8, 4) is 17.0 Å². The molecule has 0 unspecified atom stereocenters. The van der Waals surface area contributed by atoms with Crippen LogP contribution in [0, 0.1) is 0 Å². The summed E-state index contributed by atoms with van der Waals surface area (Å²) in [5.41, 5.74) is 2.14. The molecule has 0 bridgehead atoms. The predicted molar refractivity (Wildman–Crippen MR) is 64.5 cm³/mol. The molecule has 0 atom stereocenters. The largest absolute Gasteiger partial charge is 0.508 e. The van der Waals surface area contributed by atoms with Crippen LogP contribution in [-0.2, 0) is 0 Å². The minimum atomic E-state index is -1.05. The number of aromatic nitrogens is 3. The molecule has 0 aliphatic rings. The van der Waals surface area contributed by atoms with Crippen molar-refractivity contribution >= 4 is 16.9 Å². The van der Waals surface area contributed by atoms with Gasteiger partial charge in [-0.1, -0.05) is 0 Å². The monoisotopic (exact) mass is 243 g/mol. The molecule has 0 amide bonds. The second-order valence-corrected chi connectivity index (χ2v) is 3.90. The van der Waals surface area contributed by atoms with Crippen molar-refractivity contribution in [1.29, 1.82) is 0 Å². The van der Waals surface area contributed by atoms with Gasteiger partial charge in [0.2, 0.25) is 0 Å². The first-order valence-corrected chi connectivity index (χ1v) is 5.24. The van der Waals surface area contributed by atoms with E-state index < -0.39 is 5.97 Å². The lowest BCUT2D eigenvalue weighted by Gasteiger charge is -1.94. The first-order chi connectivity index (χ1) is 8.65. The molecule has 1 aromatic carbocycles. The van der Waals surface area contributed by atoms with E-state index in [0.717, 1.165) is 16.5 Å². The molecule has 0 saturated heterocycles. The molecule has 0 saturated carbocycles. The normalized spacial score (nSPS) is 10.9. The highest BCUT2D eigenvalue weighted by atomic mass is 16.4. The Labute approximate surface area is 101 Å². The van der Waals surface area contributed by atoms with Gasteiger partial charge in [-0.2, -0.15) is 5.10 Å². The van der Waals surface area contributed by atoms with Gasteiger partial charge >= 0.3 is 5.97 Å². The van der Waals surface area contributed by atoms with Gasteiger partial charge in [0.1, 0.15) is 11.4 Å². The molecule has 4 N–H and O–H groups in total. The number of aromatic amines is 2. The first kappa shape index (κ1) is 10.4. The molecule has 18 heavy (non-hydrogen) atoms. The minimum Gasteiger partial charge on any atom is -0.508 e. The van der Waals surface area contributed by atoms with Crippen molar-refractivity contribution < 1.29 is 15.0 Å². The predicted octanol–water partition coefficient (Wildman–Crippen LogP) is 1.96. The lowest BCUT2D eigenvalue weighted by atomic mass is 10.1. The zero-order valence-electron chi connectivity index (χ0n) is 9.14. The Hall–Kier alpha value is -2.76. The van der Waals surface area contributed by atoms with Gasteiger partial charge in [-0.25, -0.2) is 4.79 Å². The summed E-state index contributed by atoms with van der Waals surface area (Å²) in [6.45, 7) is 0. The summed E-state index contributed by atoms with van der Waals surface area (Å²) < 4.78 is 0. The summed E-state index contributed by atoms with van der Waals surface area (Å²) in [5.74, 6) is -0.879. The second-order valence-electron chi connectivity index (χ2n) is 3.90. The molecular formula is C12H9N3O3. The van der Waals surface area contributed by atoms with Crippen LogP contribution in [0.5, 0.6) is 5.75 Å². The molecule has 2 heterocycles. The first-order valence-electron chi connectivity index (χ1n) is 5.24. The van der Waals surface area contributed by atoms with Gasteiger partial charge in [0.05, 0.1) is 5.69 Å². The fourth-order valence-electron chi connectivity index (χ4n) is 1.90. The van der Waals surface area contributed by atoms with Crippen molar-refractivity contribution in [2.24, 2.45) is 0 Å². The van der Waals surface area contributed by atoms with Crippen LogP contribution in [-0.4, -0.2) is 31.4 Å². The minimum absolute atomic E-state index is 0.0399. The lowest BCUT2D eigenvalue weighted by molar-refractivity contribution is 0.0690. The number of aromatic hydroxyl groups is 1. The Morgan fingerprint density at radius 2 is 2.11 bits per heavy atom. The summed E-state index contributed by atoms with van der Waals surface area (Å²) in [5, 5.41) is 25.5. The van der Waals surface area contributed by atoms with Crippen molar-refractivity contribution in [2.75, 3.05) is 0 Å². The van der Waals surface area contributed by atoms with Crippen LogP contribution in [0.25, 0.3) is 22.2 Å². The maximum Gasteiger partial charge on any atom is 0.353 e. The number of benzene rings is 1. The van der Waals surface area contributed by atoms with Gasteiger partial charge in [-0.15, -0.1) is 0 Å². The number of nitrogens with zero attached hydrogens (tertiary/aromatic N) is 1. The van der Waals surface area contributed by atoms with Crippen LogP contribution < -0.4 is 0 Å². The number of nitrogens with one attached hydrogen (secondary N) is 2. The number of hydrogen-bond acceptors (Lipinski definition) is 3. The van der Waals surface area contributed by atoms with E-state index >= 15 is 0 Å². The van der Waals surface area contributed by atoms with E-state index in [2.05, 4.69) is 15.2 Å². The highest BCUT2D eigenvalue weighted by Crippen LogP contribution is 2.29. The third-order valence-corrected chi connectivity index (χ3v) is 2.75. The number of rotatable bonds is 2. The number of H-pyrrole nitrogens is 2. The molecule has 0 spiro atoms. The van der Waals surface area contributed by atoms with Crippen LogP contribution in [0.4, 0.5) is 0 Å². The standard InChI is InChI=1S/C12H9N3O3/c16-6-1-2-7-8(5-13-9(7)3-6)10-4-11(12(17)18)15-14-10/h1-5,13,16H,(H,14,15)(H,17,18). The van der Waals surface area contributed by atoms with Crippen molar-refractivity contribution in [1.82, 2.24) is 15.2 Å². The Morgan fingerprint density at radius 3 is 2.83 bits per heavy atom. The van der Waals surface area contributed by atoms with E-state index in [-0.39, 0.29) is 11.4 Å². The molecule has 6 heteroatoms. The summed E-state index contributed by atoms with van der Waals surface area (Å²) in [4.78, 5) is 13.8. The van der Waals surface area contributed by atoms with Gasteiger partial charge in [0.15, 0.2) is 0 Å². The molecule has 3 rings (SSSR count). The topological polar surface area (TPSA) is 102 Å². The third kappa shape index (κ3) is 1.51. The molecule has 6 nitrogen and oxygen atoms in total. The number of aromatic carboxylic acids is 1. The van der Waals surface area contributed by atoms with Crippen LogP contribution in [0.3, 0.4) is 0 Å². The SMILES string of the molecule is O=C(O)c1cc(-c2c[nH]c3cc(O)ccc23)n[nH]1. The molecule has 90 valence electrons. The number of carboxylic acids is 1. The van der Waals surface area contributed by atoms with Crippen LogP contribution in [0.15, 0.2) is 30.5 Å². The van der Waals surface area contributed by atoms with E-state index in [1.807, 2.05) is 0 Å². The highest BCUT2D eigenvalue weighted by molar-refractivity contribution is 5.96. The van der Waals surface area contributed by atoms with Gasteiger partial charge in [0.25, 0.3) is 0 Å². The van der Waals surface area contributed by atoms with E-state index in [1.165, 1.54) is 6.07 Å². The van der Waals surface area contributed by atoms with Gasteiger partial charge < -0.3 is 15.2 Å². The Balaban J connectivity index is 2.16. The number of hydrogen-bond donors (Lipinski definition) is 4. The van der Waals surface area contributed by atoms with Gasteiger partial charge in [-0.3, -0.25) is 5.10 Å². The summed E-state index contributed by atoms with van der Waals surface area (Å²) in [7, 11) is 0. The van der Waals surface area contributed by atoms with Crippen LogP contribution in [0.1, 0.15) is 10.5 Å². The zero-order chi connectivity index (χ0) is 12.7. The zero-order valence-corrected chi connectivity index (χ0v) is 9.14. The summed E-state index contributed by atoms with van der Waals surface area (Å²) >= 11 is 0. The number of fused-ring (bicyclic) bond motifs is 1. The van der Waals surface area contributed by atoms with Crippen molar-refractivity contribution in [2.45, 2.75) is 0 Å². The van der Waals surface area contributed by atoms with Gasteiger partial charge in [0, 0.05) is 28.7 Å². The Morgan fingerprint density at radius 1 is 1.28 bits per heavy atom. The number of phenolic OH excluding ortho intramolecular Hbond substituents is 1. The van der Waals surface area contributed by atoms with Crippen molar-refractivity contribution in [3.05, 3.63) is 36.2 Å². The fourth-order valence-corrected chi connectivity index (χ4v) is 1.90. The molecular weight excluding hydrogens is 234 g/mol. The Kier molecular flexibility index (Phi) is 2.09. The molecule has 3 aromatic rings. The molecule has 0 aliphatic carbocycles. The number of carboxylic acid groups (broad SMARTS) is 1. The number of phenols is 1. The summed E-state index contributed by atoms with van der Waals surface area (Å²) in [6.07, 6.45) is 1.73. The maximum absolute atomic E-state index is 10.8. The molecule has 0 aliphatic heterocycles. The number of carbonyl (C=O) groups is 1. The van der Waals surface area contributed by atoms with Crippen LogP contribution >= 0.6 is 0 Å². The van der Waals surface area contributed by atoms with E-state index in [9.17, 15) is 9.90 Å². The summed E-state index contributed by atoms with van der Waals surface area (Å²) in [6, 6.07) is 6.40. The smallest absolute Gasteiger partial charge is 0.353 e. The second kappa shape index (κ2) is 3.63. The molecule has 2 aromatic heterocycles. The molecule has 0 radical (unpaired) electrons. The molecule has 0 fully saturated rings. The maximum atomic E-state index is 10.8. The van der Waals surface area contributed by atoms with Crippen LogP contribution in [0.2, 0.25) is 0 Å². The highest BCUT2D eigenvalue weighted by Gasteiger charge is 2.12. The van der Waals surface area contributed by atoms with E-state index in [4.69, 9.17) is 5.11 Å². The quantitative estimate of drug-likeness (QED) is 0.552. The van der Waals surface area contributed by atoms with E-state index in [1.54, 1.807) is 24.4 Å². The average molecular weight is 243 g/mol. The van der Waals surface area contributed by atoms with E-state index in [0.29, 0.717) is 5.69 Å². The average Bonchev–Trinajstić information content (AvgIpc) is 2.92. The fraction of sp³-hybridized carbons (Fsp3) is 0.